The number of hydrogen-bond acceptors (Lipinski definition) is 5. The highest BCUT2D eigenvalue weighted by Crippen LogP contribution is 2.35. The van der Waals surface area contributed by atoms with Gasteiger partial charge >= 0.3 is 0 Å². The molecule has 0 saturated carbocycles. The van der Waals surface area contributed by atoms with Crippen molar-refractivity contribution in [2.45, 2.75) is 30.8 Å². The second-order valence-corrected chi connectivity index (χ2v) is 12.1. The monoisotopic (exact) mass is 525 g/mol. The molecule has 8 heteroatoms. The van der Waals surface area contributed by atoms with Crippen LogP contribution < -0.4 is 10.2 Å². The average Bonchev–Trinajstić information content (AvgIpc) is 3.35. The van der Waals surface area contributed by atoms with Crippen molar-refractivity contribution in [3.05, 3.63) is 79.3 Å². The first-order valence-corrected chi connectivity index (χ1v) is 14.2. The molecule has 1 saturated heterocycles. The normalized spacial score (nSPS) is 18.9. The Labute approximate surface area is 225 Å². The van der Waals surface area contributed by atoms with Gasteiger partial charge in [-0.1, -0.05) is 34.5 Å². The van der Waals surface area contributed by atoms with E-state index in [1.165, 1.54) is 5.69 Å². The zero-order chi connectivity index (χ0) is 26.4. The molecule has 1 fully saturated rings. The third kappa shape index (κ3) is 4.28. The van der Waals surface area contributed by atoms with Crippen LogP contribution in [0.4, 0.5) is 5.69 Å². The summed E-state index contributed by atoms with van der Waals surface area (Å²) in [5.74, 6) is 0. The number of benzene rings is 3. The Morgan fingerprint density at radius 1 is 0.868 bits per heavy atom. The van der Waals surface area contributed by atoms with Gasteiger partial charge in [0.25, 0.3) is 0 Å². The van der Waals surface area contributed by atoms with Crippen molar-refractivity contribution < 1.29 is 4.21 Å². The minimum absolute atomic E-state index is 0.457. The van der Waals surface area contributed by atoms with Crippen LogP contribution in [0.1, 0.15) is 13.8 Å². The summed E-state index contributed by atoms with van der Waals surface area (Å²) in [5.41, 5.74) is 6.16. The Bertz CT molecular complexity index is 1630. The van der Waals surface area contributed by atoms with E-state index in [4.69, 9.17) is 4.98 Å². The fraction of sp³-hybridized carbons (Fsp3) is 0.267. The van der Waals surface area contributed by atoms with Crippen molar-refractivity contribution in [2.24, 2.45) is 0 Å². The average molecular weight is 526 g/mol. The van der Waals surface area contributed by atoms with E-state index in [9.17, 15) is 4.21 Å². The van der Waals surface area contributed by atoms with Crippen LogP contribution >= 0.6 is 0 Å². The minimum atomic E-state index is -1.64. The van der Waals surface area contributed by atoms with Crippen LogP contribution in [0, 0.1) is 0 Å². The van der Waals surface area contributed by atoms with Crippen molar-refractivity contribution in [3.63, 3.8) is 0 Å². The molecule has 7 nitrogen and oxygen atoms in total. The number of rotatable bonds is 5. The lowest BCUT2D eigenvalue weighted by atomic mass is 10.00. The van der Waals surface area contributed by atoms with Crippen molar-refractivity contribution in [1.82, 2.24) is 24.2 Å². The fourth-order valence-corrected chi connectivity index (χ4v) is 6.62. The molecular formula is C30H33N6OS+. The van der Waals surface area contributed by atoms with Crippen LogP contribution in [0.2, 0.25) is 0 Å². The van der Waals surface area contributed by atoms with Gasteiger partial charge in [-0.3, -0.25) is 0 Å². The first-order valence-electron chi connectivity index (χ1n) is 13.0. The summed E-state index contributed by atoms with van der Waals surface area (Å²) < 4.78 is 16.5. The van der Waals surface area contributed by atoms with E-state index < -0.39 is 11.0 Å². The number of nitrogens with one attached hydrogen (secondary N) is 1. The molecule has 194 valence electrons. The van der Waals surface area contributed by atoms with Gasteiger partial charge in [-0.25, -0.2) is 9.50 Å². The van der Waals surface area contributed by atoms with E-state index in [2.05, 4.69) is 59.5 Å². The van der Waals surface area contributed by atoms with E-state index >= 15 is 0 Å². The summed E-state index contributed by atoms with van der Waals surface area (Å²) in [4.78, 5) is 8.17. The van der Waals surface area contributed by atoms with E-state index in [1.807, 2.05) is 67.5 Å². The van der Waals surface area contributed by atoms with Gasteiger partial charge in [0, 0.05) is 73.9 Å². The Morgan fingerprint density at radius 3 is 2.29 bits per heavy atom. The summed E-state index contributed by atoms with van der Waals surface area (Å²) in [6.07, 6.45) is 5.83. The highest BCUT2D eigenvalue weighted by Gasteiger charge is 2.25. The molecule has 38 heavy (non-hydrogen) atoms. The third-order valence-electron chi connectivity index (χ3n) is 7.45. The van der Waals surface area contributed by atoms with Gasteiger partial charge in [0.05, 0.1) is 6.20 Å². The fourth-order valence-electron chi connectivity index (χ4n) is 5.58. The van der Waals surface area contributed by atoms with Gasteiger partial charge in [0.15, 0.2) is 21.5 Å². The molecule has 3 aromatic carbocycles. The second-order valence-electron chi connectivity index (χ2n) is 10.3. The van der Waals surface area contributed by atoms with Gasteiger partial charge in [-0.2, -0.15) is 5.10 Å². The molecule has 1 unspecified atom stereocenters. The highest BCUT2D eigenvalue weighted by atomic mass is 32.2. The number of nitrogens with zero attached hydrogens (tertiary/aromatic N) is 5. The van der Waals surface area contributed by atoms with Gasteiger partial charge in [0.2, 0.25) is 0 Å². The topological polar surface area (TPSA) is 65.8 Å². The lowest BCUT2D eigenvalue weighted by Crippen LogP contribution is -2.55. The molecule has 3 heterocycles. The van der Waals surface area contributed by atoms with E-state index in [1.54, 1.807) is 4.31 Å². The van der Waals surface area contributed by atoms with Crippen LogP contribution in [-0.2, 0) is 15.2 Å². The molecule has 1 N–H and O–H groups in total. The zero-order valence-corrected chi connectivity index (χ0v) is 23.1. The minimum Gasteiger partial charge on any atom is -0.364 e. The van der Waals surface area contributed by atoms with Crippen LogP contribution in [-0.4, -0.2) is 58.2 Å². The lowest BCUT2D eigenvalue weighted by molar-refractivity contribution is 0.432. The standard InChI is InChI=1S/C30H32N6OS/c1-20-15-31-16-21(2)36(20)24-11-9-22(10-12-24)23-17-32-30-28(18-33-35(30)19-23)26-13-14-29(38(37)34(3)4)27-8-6-5-7-25(26)27/h5-14,17-21,31H,15-16H2,1-4H3/p+1/t20-,21+,38?. The zero-order valence-electron chi connectivity index (χ0n) is 22.2. The van der Waals surface area contributed by atoms with Gasteiger partial charge in [-0.05, 0) is 60.7 Å². The molecule has 0 bridgehead atoms. The number of anilines is 1. The maximum absolute atomic E-state index is 12.9. The predicted octanol–water partition coefficient (Wildman–Crippen LogP) is 4.93. The molecular weight excluding hydrogens is 492 g/mol. The van der Waals surface area contributed by atoms with Crippen molar-refractivity contribution in [2.75, 3.05) is 32.1 Å². The smallest absolute Gasteiger partial charge is 0.182 e. The molecule has 0 aliphatic carbocycles. The molecule has 0 spiro atoms. The highest BCUT2D eigenvalue weighted by molar-refractivity contribution is 7.82. The molecule has 1 aliphatic rings. The van der Waals surface area contributed by atoms with Crippen LogP contribution in [0.3, 0.4) is 0 Å². The first-order chi connectivity index (χ1) is 18.4. The largest absolute Gasteiger partial charge is 0.364 e. The quantitative estimate of drug-likeness (QED) is 0.260. The number of fused-ring (bicyclic) bond motifs is 2. The van der Waals surface area contributed by atoms with E-state index in [0.717, 1.165) is 56.7 Å². The first kappa shape index (κ1) is 24.7. The third-order valence-corrected chi connectivity index (χ3v) is 8.97. The summed E-state index contributed by atoms with van der Waals surface area (Å²) >= 11 is 0. The number of piperazine rings is 1. The van der Waals surface area contributed by atoms with Crippen molar-refractivity contribution >= 4 is 33.1 Å². The lowest BCUT2D eigenvalue weighted by Gasteiger charge is -2.41. The van der Waals surface area contributed by atoms with Gasteiger partial charge in [0.1, 0.15) is 0 Å². The predicted molar refractivity (Wildman–Crippen MR) is 157 cm³/mol. The summed E-state index contributed by atoms with van der Waals surface area (Å²) in [7, 11) is 2.04. The maximum atomic E-state index is 12.9. The molecule has 0 amide bonds. The molecule has 1 aliphatic heterocycles. The number of hydrogen-bond donors (Lipinski definition) is 1. The van der Waals surface area contributed by atoms with Gasteiger partial charge in [-0.15, -0.1) is 4.31 Å². The number of thiol groups is 1. The molecule has 3 atom stereocenters. The SMILES string of the molecule is C[C@@H]1CNC[C@H](C)N1c1ccc(-c2cnc3c(-c4ccc([SH+](=O)N(C)C)c5ccccc45)cnn3c2)cc1. The molecule has 5 aromatic rings. The molecule has 2 aromatic heterocycles. The maximum Gasteiger partial charge on any atom is 0.182 e. The van der Waals surface area contributed by atoms with Crippen LogP contribution in [0.5, 0.6) is 0 Å². The second kappa shape index (κ2) is 9.94. The van der Waals surface area contributed by atoms with Crippen molar-refractivity contribution in [3.8, 4) is 22.3 Å². The Balaban J connectivity index is 1.35. The molecule has 6 rings (SSSR count). The van der Waals surface area contributed by atoms with Crippen LogP contribution in [0.25, 0.3) is 38.7 Å². The summed E-state index contributed by atoms with van der Waals surface area (Å²) in [6, 6.07) is 21.8. The van der Waals surface area contributed by atoms with Crippen LogP contribution in [0.15, 0.2) is 84.1 Å². The summed E-state index contributed by atoms with van der Waals surface area (Å²) in [5, 5.41) is 10.2. The van der Waals surface area contributed by atoms with E-state index in [0.29, 0.717) is 12.1 Å². The summed E-state index contributed by atoms with van der Waals surface area (Å²) in [6.45, 7) is 6.53. The Morgan fingerprint density at radius 2 is 1.58 bits per heavy atom. The molecule has 0 radical (unpaired) electrons. The Hall–Kier alpha value is -3.59. The van der Waals surface area contributed by atoms with Gasteiger partial charge < -0.3 is 10.2 Å². The van der Waals surface area contributed by atoms with E-state index in [-0.39, 0.29) is 0 Å². The Kier molecular flexibility index (Phi) is 6.47. The number of aromatic nitrogens is 3. The van der Waals surface area contributed by atoms with Crippen molar-refractivity contribution in [1.29, 1.82) is 0 Å².